The molecule has 0 unspecified atom stereocenters. The van der Waals surface area contributed by atoms with E-state index in [-0.39, 0.29) is 5.56 Å². The minimum Gasteiger partial charge on any atom is -0.492 e. The van der Waals surface area contributed by atoms with Crippen LogP contribution in [0, 0.1) is 11.8 Å². The summed E-state index contributed by atoms with van der Waals surface area (Å²) in [5.41, 5.74) is -0.837. The van der Waals surface area contributed by atoms with E-state index in [1.165, 1.54) is 22.2 Å². The summed E-state index contributed by atoms with van der Waals surface area (Å²) in [6.45, 7) is 8.12. The van der Waals surface area contributed by atoms with Gasteiger partial charge in [0.15, 0.2) is 10.5 Å². The van der Waals surface area contributed by atoms with Crippen molar-refractivity contribution in [1.82, 2.24) is 19.6 Å². The van der Waals surface area contributed by atoms with Gasteiger partial charge in [0.2, 0.25) is 5.88 Å². The van der Waals surface area contributed by atoms with E-state index in [4.69, 9.17) is 0 Å². The van der Waals surface area contributed by atoms with Crippen LogP contribution in [0.4, 0.5) is 0 Å². The first-order valence-electron chi connectivity index (χ1n) is 8.65. The first-order valence-corrected chi connectivity index (χ1v) is 9.53. The van der Waals surface area contributed by atoms with Crippen LogP contribution >= 0.6 is 11.3 Å². The number of aromatic nitrogens is 2. The molecule has 1 aliphatic heterocycles. The molecule has 3 heterocycles. The zero-order chi connectivity index (χ0) is 18.0. The largest absolute Gasteiger partial charge is 0.492 e. The summed E-state index contributed by atoms with van der Waals surface area (Å²) in [4.78, 5) is 31.3. The lowest BCUT2D eigenvalue weighted by atomic mass is 9.92. The van der Waals surface area contributed by atoms with Crippen LogP contribution in [0.25, 0.3) is 4.96 Å². The highest BCUT2D eigenvalue weighted by atomic mass is 32.1. The third-order valence-electron chi connectivity index (χ3n) is 4.56. The van der Waals surface area contributed by atoms with Gasteiger partial charge in [-0.15, -0.1) is 11.3 Å². The molecule has 1 amide bonds. The van der Waals surface area contributed by atoms with Crippen LogP contribution in [-0.2, 0) is 0 Å². The highest BCUT2D eigenvalue weighted by Crippen LogP contribution is 2.20. The fourth-order valence-electron chi connectivity index (χ4n) is 3.64. The van der Waals surface area contributed by atoms with E-state index in [9.17, 15) is 14.7 Å². The number of hydrogen-bond acceptors (Lipinski definition) is 6. The Kier molecular flexibility index (Phi) is 5.39. The number of rotatable bonds is 5. The van der Waals surface area contributed by atoms with E-state index in [0.717, 1.165) is 26.1 Å². The van der Waals surface area contributed by atoms with Gasteiger partial charge in [0, 0.05) is 31.2 Å². The molecule has 0 bridgehead atoms. The third kappa shape index (κ3) is 4.01. The lowest BCUT2D eigenvalue weighted by molar-refractivity contribution is 0.0942. The molecule has 1 aliphatic rings. The van der Waals surface area contributed by atoms with Crippen molar-refractivity contribution in [3.63, 3.8) is 0 Å². The number of carbonyl (C=O) groups excluding carboxylic acids is 1. The molecule has 0 aromatic carbocycles. The van der Waals surface area contributed by atoms with E-state index in [2.05, 4.69) is 29.0 Å². The van der Waals surface area contributed by atoms with Gasteiger partial charge in [-0.25, -0.2) is 0 Å². The number of fused-ring (bicyclic) bond motifs is 1. The molecule has 2 aromatic heterocycles. The van der Waals surface area contributed by atoms with Gasteiger partial charge in [-0.05, 0) is 31.2 Å². The molecule has 25 heavy (non-hydrogen) atoms. The summed E-state index contributed by atoms with van der Waals surface area (Å²) in [5, 5.41) is 14.3. The zero-order valence-corrected chi connectivity index (χ0v) is 15.4. The molecule has 2 N–H and O–H groups in total. The number of amides is 1. The maximum Gasteiger partial charge on any atom is 0.275 e. The van der Waals surface area contributed by atoms with Crippen molar-refractivity contribution in [3.05, 3.63) is 27.5 Å². The quantitative estimate of drug-likeness (QED) is 0.786. The Morgan fingerprint density at radius 1 is 1.40 bits per heavy atom. The van der Waals surface area contributed by atoms with Gasteiger partial charge in [0.1, 0.15) is 0 Å². The molecule has 8 heteroatoms. The van der Waals surface area contributed by atoms with Crippen LogP contribution < -0.4 is 10.9 Å². The zero-order valence-electron chi connectivity index (χ0n) is 14.6. The van der Waals surface area contributed by atoms with Crippen molar-refractivity contribution in [3.8, 4) is 5.88 Å². The number of nitrogens with zero attached hydrogens (tertiary/aromatic N) is 3. The number of hydrogen-bond donors (Lipinski definition) is 2. The van der Waals surface area contributed by atoms with Crippen molar-refractivity contribution < 1.29 is 9.90 Å². The normalized spacial score (nSPS) is 21.5. The molecule has 0 aliphatic carbocycles. The van der Waals surface area contributed by atoms with E-state index in [0.29, 0.717) is 23.3 Å². The topological polar surface area (TPSA) is 86.9 Å². The Morgan fingerprint density at radius 3 is 2.84 bits per heavy atom. The first kappa shape index (κ1) is 17.9. The fourth-order valence-corrected chi connectivity index (χ4v) is 4.34. The van der Waals surface area contributed by atoms with Crippen LogP contribution in [0.5, 0.6) is 5.88 Å². The minimum atomic E-state index is -0.573. The predicted molar refractivity (Wildman–Crippen MR) is 97.3 cm³/mol. The van der Waals surface area contributed by atoms with E-state index >= 15 is 0 Å². The van der Waals surface area contributed by atoms with Crippen LogP contribution in [0.3, 0.4) is 0 Å². The second-order valence-corrected chi connectivity index (χ2v) is 7.86. The molecule has 2 atom stereocenters. The number of likely N-dealkylation sites (tertiary alicyclic amines) is 1. The molecule has 3 rings (SSSR count). The molecule has 136 valence electrons. The second kappa shape index (κ2) is 7.53. The predicted octanol–water partition coefficient (Wildman–Crippen LogP) is 1.56. The smallest absolute Gasteiger partial charge is 0.275 e. The molecule has 1 saturated heterocycles. The highest BCUT2D eigenvalue weighted by Gasteiger charge is 2.22. The van der Waals surface area contributed by atoms with Crippen LogP contribution in [0.15, 0.2) is 16.4 Å². The lowest BCUT2D eigenvalue weighted by Gasteiger charge is -2.34. The van der Waals surface area contributed by atoms with Crippen molar-refractivity contribution in [2.75, 3.05) is 26.2 Å². The number of nitrogens with one attached hydrogen (secondary N) is 1. The Labute approximate surface area is 150 Å². The van der Waals surface area contributed by atoms with Crippen molar-refractivity contribution >= 4 is 22.2 Å². The molecule has 0 spiro atoms. The number of piperidine rings is 1. The number of thiazole rings is 1. The van der Waals surface area contributed by atoms with Gasteiger partial charge in [0.25, 0.3) is 11.5 Å². The Balaban J connectivity index is 1.56. The van der Waals surface area contributed by atoms with Gasteiger partial charge < -0.3 is 15.3 Å². The summed E-state index contributed by atoms with van der Waals surface area (Å²) in [5.74, 6) is 0.331. The number of aromatic hydroxyl groups is 1. The molecule has 7 nitrogen and oxygen atoms in total. The van der Waals surface area contributed by atoms with Crippen LogP contribution in [-0.4, -0.2) is 51.5 Å². The SMILES string of the molecule is C[C@H]1C[C@H](C)CN(CCCNC(=O)c2c(O)nc3sccn3c2=O)C1. The average molecular weight is 364 g/mol. The maximum atomic E-state index is 12.3. The van der Waals surface area contributed by atoms with E-state index < -0.39 is 17.3 Å². The first-order chi connectivity index (χ1) is 12.0. The summed E-state index contributed by atoms with van der Waals surface area (Å²) in [7, 11) is 0. The maximum absolute atomic E-state index is 12.3. The molecule has 1 fully saturated rings. The molecule has 0 saturated carbocycles. The second-order valence-electron chi connectivity index (χ2n) is 6.99. The van der Waals surface area contributed by atoms with Gasteiger partial charge in [-0.2, -0.15) is 4.98 Å². The van der Waals surface area contributed by atoms with Gasteiger partial charge in [0.05, 0.1) is 0 Å². The van der Waals surface area contributed by atoms with Crippen molar-refractivity contribution in [1.29, 1.82) is 0 Å². The molecule has 0 radical (unpaired) electrons. The number of carbonyl (C=O) groups is 1. The van der Waals surface area contributed by atoms with E-state index in [1.54, 1.807) is 11.6 Å². The Morgan fingerprint density at radius 2 is 2.12 bits per heavy atom. The Hall–Kier alpha value is -1.93. The lowest BCUT2D eigenvalue weighted by Crippen LogP contribution is -2.40. The summed E-state index contributed by atoms with van der Waals surface area (Å²) in [6, 6.07) is 0. The van der Waals surface area contributed by atoms with Gasteiger partial charge in [-0.3, -0.25) is 14.0 Å². The summed E-state index contributed by atoms with van der Waals surface area (Å²) >= 11 is 1.23. The standard InChI is InChI=1S/C17H24N4O3S/c1-11-8-12(2)10-20(9-11)5-3-4-18-14(22)13-15(23)19-17-21(16(13)24)6-7-25-17/h6-7,11-12,23H,3-5,8-10H2,1-2H3,(H,18,22)/t11-,12-/m0/s1. The molecular weight excluding hydrogens is 340 g/mol. The molecular formula is C17H24N4O3S. The van der Waals surface area contributed by atoms with E-state index in [1.807, 2.05) is 0 Å². The van der Waals surface area contributed by atoms with Gasteiger partial charge in [-0.1, -0.05) is 13.8 Å². The van der Waals surface area contributed by atoms with Crippen LogP contribution in [0.2, 0.25) is 0 Å². The van der Waals surface area contributed by atoms with Gasteiger partial charge >= 0.3 is 0 Å². The third-order valence-corrected chi connectivity index (χ3v) is 5.31. The summed E-state index contributed by atoms with van der Waals surface area (Å²) < 4.78 is 1.27. The van der Waals surface area contributed by atoms with Crippen molar-refractivity contribution in [2.24, 2.45) is 11.8 Å². The summed E-state index contributed by atoms with van der Waals surface area (Å²) in [6.07, 6.45) is 3.63. The van der Waals surface area contributed by atoms with Crippen molar-refractivity contribution in [2.45, 2.75) is 26.7 Å². The monoisotopic (exact) mass is 364 g/mol. The molecule has 2 aromatic rings. The fraction of sp³-hybridized carbons (Fsp3) is 0.588. The minimum absolute atomic E-state index is 0.295. The average Bonchev–Trinajstić information content (AvgIpc) is 2.99. The van der Waals surface area contributed by atoms with Crippen LogP contribution in [0.1, 0.15) is 37.0 Å². The highest BCUT2D eigenvalue weighted by molar-refractivity contribution is 7.15. The Bertz CT molecular complexity index is 806.